The highest BCUT2D eigenvalue weighted by Gasteiger charge is 2.30. The van der Waals surface area contributed by atoms with Crippen LogP contribution in [0.1, 0.15) is 54.1 Å². The number of ether oxygens (including phenoxy) is 2. The van der Waals surface area contributed by atoms with Crippen molar-refractivity contribution in [2.24, 2.45) is 4.99 Å². The Labute approximate surface area is 457 Å². The van der Waals surface area contributed by atoms with Crippen LogP contribution in [0, 0.1) is 41.5 Å². The Kier molecular flexibility index (Phi) is 14.9. The molecule has 418 valence electrons. The van der Waals surface area contributed by atoms with Crippen LogP contribution < -0.4 is 29.6 Å². The van der Waals surface area contributed by atoms with Crippen LogP contribution in [0.2, 0.25) is 0 Å². The summed E-state index contributed by atoms with van der Waals surface area (Å²) in [7, 11) is -17.2. The van der Waals surface area contributed by atoms with Gasteiger partial charge in [0.1, 0.15) is 32.3 Å². The van der Waals surface area contributed by atoms with Gasteiger partial charge in [0.05, 0.1) is 46.4 Å². The second kappa shape index (κ2) is 20.8. The molecule has 0 saturated carbocycles. The van der Waals surface area contributed by atoms with Crippen molar-refractivity contribution < 1.29 is 86.7 Å². The molecule has 0 saturated heterocycles. The molecule has 0 spiro atoms. The van der Waals surface area contributed by atoms with Crippen LogP contribution in [0.15, 0.2) is 120 Å². The molecule has 1 aliphatic carbocycles. The fourth-order valence-corrected chi connectivity index (χ4v) is 13.1. The maximum Gasteiger partial charge on any atom is 0.339 e. The highest BCUT2D eigenvalue weighted by molar-refractivity contribution is 7.93. The van der Waals surface area contributed by atoms with Gasteiger partial charge in [-0.2, -0.15) is 16.8 Å². The van der Waals surface area contributed by atoms with Gasteiger partial charge in [-0.25, -0.2) is 31.4 Å². The van der Waals surface area contributed by atoms with Crippen LogP contribution in [-0.2, 0) is 40.3 Å². The number of carboxylic acids is 2. The summed E-state index contributed by atoms with van der Waals surface area (Å²) in [4.78, 5) is 26.0. The quantitative estimate of drug-likeness (QED) is 0.0322. The molecule has 0 amide bonds. The van der Waals surface area contributed by atoms with Crippen LogP contribution in [0.3, 0.4) is 0 Å². The second-order valence-corrected chi connectivity index (χ2v) is 24.4. The number of aromatic carboxylic acids is 2. The minimum Gasteiger partial charge on any atom is -0.504 e. The molecule has 23 nitrogen and oxygen atoms in total. The molecule has 0 fully saturated rings. The van der Waals surface area contributed by atoms with Gasteiger partial charge in [0.2, 0.25) is 0 Å². The third-order valence-corrected chi connectivity index (χ3v) is 17.5. The average Bonchev–Trinajstić information content (AvgIpc) is 3.57. The largest absolute Gasteiger partial charge is 0.504 e. The third-order valence-electron chi connectivity index (χ3n) is 13.0. The van der Waals surface area contributed by atoms with Crippen LogP contribution in [0.4, 0.5) is 28.4 Å². The zero-order valence-electron chi connectivity index (χ0n) is 43.2. The monoisotopic (exact) mass is 1170 g/mol. The standard InChI is InChI=1S/C53H48N4O19S4/c1-24-15-26(3)48(56-77(64,65)31-18-36(52(60)61)50(58)41(20-31)74-7)28(5)46(24)54-30-13-14-33-39(17-30)76-40-23-38(44(80(71,72)73)22-35(40)45(33)34-11-9-10-12-43(34)79(68,69)70)55-47-25(2)16-27(4)49(29(47)6)57-78(66,67)32-19-37(53(62)63)51(59)42(21-32)75-8/h9-23,54,56-59H,1-8H3,(H,60,61)(H,62,63)(H,68,69,70)(H,71,72,73)/b55-38+. The first-order valence-corrected chi connectivity index (χ1v) is 29.1. The molecule has 6 aromatic carbocycles. The zero-order valence-corrected chi connectivity index (χ0v) is 46.5. The second-order valence-electron chi connectivity index (χ2n) is 18.3. The minimum atomic E-state index is -5.25. The molecule has 0 unspecified atom stereocenters. The first kappa shape index (κ1) is 57.4. The van der Waals surface area contributed by atoms with Crippen LogP contribution in [0.25, 0.3) is 33.4 Å². The van der Waals surface area contributed by atoms with Gasteiger partial charge in [-0.1, -0.05) is 30.3 Å². The number of rotatable bonds is 16. The van der Waals surface area contributed by atoms with E-state index in [0.29, 0.717) is 39.2 Å². The van der Waals surface area contributed by atoms with Crippen molar-refractivity contribution in [3.05, 3.63) is 141 Å². The van der Waals surface area contributed by atoms with Gasteiger partial charge in [-0.15, -0.1) is 0 Å². The first-order chi connectivity index (χ1) is 37.3. The highest BCUT2D eigenvalue weighted by Crippen LogP contribution is 2.45. The number of anilines is 4. The Morgan fingerprint density at radius 2 is 1.06 bits per heavy atom. The number of carboxylic acid groups (broad SMARTS) is 2. The normalized spacial score (nSPS) is 12.4. The van der Waals surface area contributed by atoms with E-state index in [1.807, 2.05) is 0 Å². The summed E-state index contributed by atoms with van der Waals surface area (Å²) in [5.41, 5.74) is 1.31. The minimum absolute atomic E-state index is 0.00471. The van der Waals surface area contributed by atoms with E-state index < -0.39 is 111 Å². The van der Waals surface area contributed by atoms with Crippen LogP contribution in [-0.4, -0.2) is 89.4 Å². The first-order valence-electron chi connectivity index (χ1n) is 23.2. The number of nitrogens with one attached hydrogen (secondary N) is 3. The molecule has 80 heavy (non-hydrogen) atoms. The SMILES string of the molecule is COc1cc(S(=O)(=O)Nc2c(C)cc(C)c(/N=c3\cc4oc5cc(Nc6c(C)cc(C)c(NS(=O)(=O)c7cc(OC)c(O)c(C(=O)O)c7)c6C)ccc5c(-c5ccccc5S(=O)(=O)O)c-4cc3S(=O)(=O)O)c2C)cc(C(=O)O)c1O. The summed E-state index contributed by atoms with van der Waals surface area (Å²) in [5.74, 6) is -5.87. The summed E-state index contributed by atoms with van der Waals surface area (Å²) >= 11 is 0. The lowest BCUT2D eigenvalue weighted by Gasteiger charge is -2.21. The molecular formula is C53H48N4O19S4. The van der Waals surface area contributed by atoms with E-state index >= 15 is 0 Å². The molecule has 0 atom stereocenters. The van der Waals surface area contributed by atoms with E-state index in [9.17, 15) is 72.8 Å². The fourth-order valence-electron chi connectivity index (χ4n) is 9.27. The average molecular weight is 1170 g/mol. The van der Waals surface area contributed by atoms with Crippen molar-refractivity contribution in [1.82, 2.24) is 0 Å². The maximum atomic E-state index is 13.9. The lowest BCUT2D eigenvalue weighted by atomic mass is 9.93. The number of phenols is 2. The van der Waals surface area contributed by atoms with E-state index in [-0.39, 0.29) is 56.0 Å². The Balaban J connectivity index is 1.32. The van der Waals surface area contributed by atoms with Crippen molar-refractivity contribution in [2.75, 3.05) is 29.0 Å². The number of benzene rings is 7. The van der Waals surface area contributed by atoms with Gasteiger partial charge >= 0.3 is 11.9 Å². The number of carbonyl (C=O) groups is 2. The molecule has 1 aliphatic heterocycles. The van der Waals surface area contributed by atoms with Crippen LogP contribution in [0.5, 0.6) is 23.0 Å². The summed E-state index contributed by atoms with van der Waals surface area (Å²) < 4.78 is 151. The summed E-state index contributed by atoms with van der Waals surface area (Å²) in [6.45, 7) is 9.60. The molecule has 1 heterocycles. The van der Waals surface area contributed by atoms with Gasteiger partial charge < -0.3 is 39.6 Å². The highest BCUT2D eigenvalue weighted by atomic mass is 32.2. The van der Waals surface area contributed by atoms with Crippen molar-refractivity contribution >= 4 is 91.6 Å². The van der Waals surface area contributed by atoms with Gasteiger partial charge in [0, 0.05) is 57.7 Å². The Morgan fingerprint density at radius 1 is 0.562 bits per heavy atom. The number of hydrogen-bond acceptors (Lipinski definition) is 17. The number of aromatic hydroxyl groups is 2. The predicted octanol–water partition coefficient (Wildman–Crippen LogP) is 8.95. The topological polar surface area (TPSA) is 372 Å². The molecule has 0 radical (unpaired) electrons. The molecular weight excluding hydrogens is 1120 g/mol. The molecule has 9 N–H and O–H groups in total. The smallest absolute Gasteiger partial charge is 0.339 e. The molecule has 2 aliphatic rings. The lowest BCUT2D eigenvalue weighted by molar-refractivity contribution is 0.0681. The molecule has 6 aromatic rings. The van der Waals surface area contributed by atoms with Crippen molar-refractivity contribution in [1.29, 1.82) is 0 Å². The van der Waals surface area contributed by atoms with E-state index in [0.717, 1.165) is 56.7 Å². The predicted molar refractivity (Wildman–Crippen MR) is 293 cm³/mol. The van der Waals surface area contributed by atoms with E-state index in [1.165, 1.54) is 43.3 Å². The Hall–Kier alpha value is -8.73. The maximum absolute atomic E-state index is 13.9. The lowest BCUT2D eigenvalue weighted by Crippen LogP contribution is -2.17. The van der Waals surface area contributed by atoms with Crippen molar-refractivity contribution in [3.63, 3.8) is 0 Å². The van der Waals surface area contributed by atoms with Gasteiger partial charge in [0.25, 0.3) is 40.3 Å². The molecule has 27 heteroatoms. The number of aryl methyl sites for hydroxylation is 4. The van der Waals surface area contributed by atoms with Crippen molar-refractivity contribution in [2.45, 2.75) is 61.1 Å². The zero-order chi connectivity index (χ0) is 58.9. The Bertz CT molecular complexity index is 4500. The summed E-state index contributed by atoms with van der Waals surface area (Å²) in [6, 6.07) is 18.5. The third kappa shape index (κ3) is 10.8. The fraction of sp³-hybridized carbons (Fsp3) is 0.151. The number of nitrogens with zero attached hydrogens (tertiary/aromatic N) is 1. The number of hydrogen-bond donors (Lipinski definition) is 9. The van der Waals surface area contributed by atoms with E-state index in [2.05, 4.69) is 19.8 Å². The number of methoxy groups -OCH3 is 2. The van der Waals surface area contributed by atoms with Gasteiger partial charge in [0.15, 0.2) is 23.0 Å². The molecule has 0 aromatic heterocycles. The van der Waals surface area contributed by atoms with Gasteiger partial charge in [-0.05, 0) is 111 Å². The number of fused-ring (bicyclic) bond motifs is 2. The van der Waals surface area contributed by atoms with Crippen molar-refractivity contribution in [3.8, 4) is 45.4 Å². The van der Waals surface area contributed by atoms with E-state index in [4.69, 9.17) is 13.9 Å². The molecule has 0 bridgehead atoms. The number of sulfonamides is 2. The summed E-state index contributed by atoms with van der Waals surface area (Å²) in [6.07, 6.45) is 0. The summed E-state index contributed by atoms with van der Waals surface area (Å²) in [5, 5.41) is 43.1. The Morgan fingerprint density at radius 3 is 1.57 bits per heavy atom. The van der Waals surface area contributed by atoms with Gasteiger partial charge in [-0.3, -0.25) is 18.5 Å². The molecule has 8 rings (SSSR count). The van der Waals surface area contributed by atoms with E-state index in [1.54, 1.807) is 46.8 Å². The van der Waals surface area contributed by atoms with Crippen LogP contribution >= 0.6 is 0 Å².